The predicted molar refractivity (Wildman–Crippen MR) is 27.3 cm³/mol. The summed E-state index contributed by atoms with van der Waals surface area (Å²) in [5.74, 6) is -0.799. The zero-order valence-electron chi connectivity index (χ0n) is 4.48. The van der Waals surface area contributed by atoms with Crippen LogP contribution in [0, 0.1) is 5.41 Å². The van der Waals surface area contributed by atoms with E-state index in [1.54, 1.807) is 0 Å². The van der Waals surface area contributed by atoms with E-state index in [-0.39, 0.29) is 6.54 Å². The Bertz CT molecular complexity index is 118. The van der Waals surface area contributed by atoms with Gasteiger partial charge in [-0.3, -0.25) is 10.5 Å². The first kappa shape index (κ1) is 5.56. The lowest BCUT2D eigenvalue weighted by molar-refractivity contribution is -0.142. The van der Waals surface area contributed by atoms with Gasteiger partial charge >= 0.3 is 5.97 Å². The fourth-order valence-corrected chi connectivity index (χ4v) is 0.617. The van der Waals surface area contributed by atoms with Crippen molar-refractivity contribution in [3.05, 3.63) is 0 Å². The minimum Gasteiger partial charge on any atom is -0.481 e. The smallest absolute Gasteiger partial charge is 0.310 e. The molecule has 0 bridgehead atoms. The molecule has 0 atom stereocenters. The number of carboxylic acids is 1. The number of aliphatic carboxylic acids is 1. The first-order chi connectivity index (χ1) is 3.71. The van der Waals surface area contributed by atoms with E-state index in [9.17, 15) is 4.79 Å². The molecule has 45 valence electrons. The van der Waals surface area contributed by atoms with Crippen LogP contribution >= 0.6 is 0 Å². The molecule has 0 heterocycles. The van der Waals surface area contributed by atoms with Crippen LogP contribution in [0.1, 0.15) is 12.8 Å². The van der Waals surface area contributed by atoms with Gasteiger partial charge in [0.1, 0.15) is 0 Å². The molecule has 1 rings (SSSR count). The van der Waals surface area contributed by atoms with Gasteiger partial charge in [-0.1, -0.05) is 0 Å². The molecular formula is C5H8NO2. The maximum absolute atomic E-state index is 10.2. The van der Waals surface area contributed by atoms with E-state index in [1.807, 2.05) is 0 Å². The Morgan fingerprint density at radius 2 is 2.25 bits per heavy atom. The van der Waals surface area contributed by atoms with Crippen molar-refractivity contribution in [2.45, 2.75) is 12.8 Å². The minimum absolute atomic E-state index is 0.0440. The Labute approximate surface area is 47.5 Å². The summed E-state index contributed by atoms with van der Waals surface area (Å²) in [5.41, 5.74) is 6.19. The summed E-state index contributed by atoms with van der Waals surface area (Å²) in [6.45, 7) is 0.0440. The highest BCUT2D eigenvalue weighted by Crippen LogP contribution is 2.44. The molecule has 8 heavy (non-hydrogen) atoms. The lowest BCUT2D eigenvalue weighted by atomic mass is 10.1. The highest BCUT2D eigenvalue weighted by Gasteiger charge is 2.49. The molecule has 1 radical (unpaired) electrons. The molecule has 0 aliphatic heterocycles. The Morgan fingerprint density at radius 1 is 1.75 bits per heavy atom. The predicted octanol–water partition coefficient (Wildman–Crippen LogP) is 0.134. The molecule has 2 N–H and O–H groups in total. The van der Waals surface area contributed by atoms with Gasteiger partial charge in [0, 0.05) is 6.54 Å². The second-order valence-electron chi connectivity index (χ2n) is 2.26. The first-order valence-corrected chi connectivity index (χ1v) is 2.59. The summed E-state index contributed by atoms with van der Waals surface area (Å²) < 4.78 is 0. The Kier molecular flexibility index (Phi) is 1.01. The lowest BCUT2D eigenvalue weighted by Crippen LogP contribution is -2.19. The molecule has 3 nitrogen and oxygen atoms in total. The number of rotatable bonds is 2. The van der Waals surface area contributed by atoms with Crippen molar-refractivity contribution in [1.29, 1.82) is 0 Å². The van der Waals surface area contributed by atoms with Crippen LogP contribution in [0.15, 0.2) is 0 Å². The van der Waals surface area contributed by atoms with Crippen molar-refractivity contribution in [3.8, 4) is 0 Å². The van der Waals surface area contributed by atoms with Gasteiger partial charge in [-0.05, 0) is 12.8 Å². The van der Waals surface area contributed by atoms with Gasteiger partial charge in [-0.25, -0.2) is 0 Å². The first-order valence-electron chi connectivity index (χ1n) is 2.59. The Hall–Kier alpha value is -0.570. The van der Waals surface area contributed by atoms with Crippen molar-refractivity contribution in [1.82, 2.24) is 5.73 Å². The molecule has 0 aromatic rings. The fraction of sp³-hybridized carbons (Fsp3) is 0.800. The summed E-state index contributed by atoms with van der Waals surface area (Å²) in [6, 6.07) is 0. The van der Waals surface area contributed by atoms with Crippen LogP contribution in [0.3, 0.4) is 0 Å². The van der Waals surface area contributed by atoms with Crippen molar-refractivity contribution >= 4 is 5.97 Å². The Morgan fingerprint density at radius 3 is 2.25 bits per heavy atom. The molecule has 1 aliphatic carbocycles. The van der Waals surface area contributed by atoms with Crippen LogP contribution in [0.5, 0.6) is 0 Å². The quantitative estimate of drug-likeness (QED) is 0.554. The average Bonchev–Trinajstić information content (AvgIpc) is 2.44. The standard InChI is InChI=1S/C5H8NO2/c6-3-5(1-2-5)4(7)8/h6H,1-3H2,(H,7,8). The third-order valence-corrected chi connectivity index (χ3v) is 1.65. The largest absolute Gasteiger partial charge is 0.481 e. The van der Waals surface area contributed by atoms with E-state index in [1.165, 1.54) is 0 Å². The minimum atomic E-state index is -0.799. The molecule has 1 aliphatic rings. The number of carboxylic acid groups (broad SMARTS) is 1. The van der Waals surface area contributed by atoms with Crippen molar-refractivity contribution in [2.24, 2.45) is 5.41 Å². The van der Waals surface area contributed by atoms with Crippen LogP contribution in [0.2, 0.25) is 0 Å². The Balaban J connectivity index is 2.53. The van der Waals surface area contributed by atoms with E-state index in [4.69, 9.17) is 10.8 Å². The van der Waals surface area contributed by atoms with E-state index >= 15 is 0 Å². The van der Waals surface area contributed by atoms with Crippen LogP contribution < -0.4 is 5.73 Å². The van der Waals surface area contributed by atoms with Crippen LogP contribution in [0.25, 0.3) is 0 Å². The number of hydrogen-bond acceptors (Lipinski definition) is 1. The molecular weight excluding hydrogens is 106 g/mol. The molecule has 3 heteroatoms. The average molecular weight is 114 g/mol. The summed E-state index contributed by atoms with van der Waals surface area (Å²) in [7, 11) is 0. The summed E-state index contributed by atoms with van der Waals surface area (Å²) >= 11 is 0. The highest BCUT2D eigenvalue weighted by atomic mass is 16.4. The monoisotopic (exact) mass is 114 g/mol. The van der Waals surface area contributed by atoms with Crippen molar-refractivity contribution in [3.63, 3.8) is 0 Å². The van der Waals surface area contributed by atoms with Gasteiger partial charge in [0.05, 0.1) is 5.41 Å². The van der Waals surface area contributed by atoms with Gasteiger partial charge < -0.3 is 5.11 Å². The normalized spacial score (nSPS) is 22.6. The zero-order valence-corrected chi connectivity index (χ0v) is 4.48. The molecule has 0 unspecified atom stereocenters. The molecule has 1 saturated carbocycles. The summed E-state index contributed by atoms with van der Waals surface area (Å²) in [4.78, 5) is 10.2. The molecule has 0 amide bonds. The van der Waals surface area contributed by atoms with Gasteiger partial charge in [0.2, 0.25) is 0 Å². The zero-order chi connectivity index (χ0) is 6.20. The second-order valence-corrected chi connectivity index (χ2v) is 2.26. The van der Waals surface area contributed by atoms with Crippen LogP contribution in [0.4, 0.5) is 0 Å². The maximum atomic E-state index is 10.2. The molecule has 1 fully saturated rings. The number of nitrogens with one attached hydrogen (secondary N) is 1. The van der Waals surface area contributed by atoms with Crippen molar-refractivity contribution in [2.75, 3.05) is 6.54 Å². The van der Waals surface area contributed by atoms with Gasteiger partial charge in [-0.15, -0.1) is 0 Å². The van der Waals surface area contributed by atoms with Crippen LogP contribution in [-0.4, -0.2) is 17.6 Å². The van der Waals surface area contributed by atoms with Gasteiger partial charge in [0.25, 0.3) is 0 Å². The summed E-state index contributed by atoms with van der Waals surface area (Å²) in [5, 5.41) is 8.38. The van der Waals surface area contributed by atoms with E-state index in [0.717, 1.165) is 0 Å². The number of hydrogen-bond donors (Lipinski definition) is 1. The SMILES string of the molecule is [NH]CC1(C(=O)O)CC1. The molecule has 0 aromatic carbocycles. The van der Waals surface area contributed by atoms with Gasteiger partial charge in [-0.2, -0.15) is 0 Å². The third kappa shape index (κ3) is 0.591. The number of carbonyl (C=O) groups is 1. The van der Waals surface area contributed by atoms with Gasteiger partial charge in [0.15, 0.2) is 0 Å². The molecule has 0 spiro atoms. The third-order valence-electron chi connectivity index (χ3n) is 1.65. The van der Waals surface area contributed by atoms with E-state index < -0.39 is 11.4 Å². The van der Waals surface area contributed by atoms with E-state index in [2.05, 4.69) is 0 Å². The molecule has 0 saturated heterocycles. The fourth-order valence-electron chi connectivity index (χ4n) is 0.617. The topological polar surface area (TPSA) is 61.1 Å². The molecule has 0 aromatic heterocycles. The highest BCUT2D eigenvalue weighted by molar-refractivity contribution is 5.77. The lowest BCUT2D eigenvalue weighted by Gasteiger charge is -2.00. The van der Waals surface area contributed by atoms with E-state index in [0.29, 0.717) is 12.8 Å². The second kappa shape index (κ2) is 1.45. The maximum Gasteiger partial charge on any atom is 0.310 e. The summed E-state index contributed by atoms with van der Waals surface area (Å²) in [6.07, 6.45) is 1.40. The van der Waals surface area contributed by atoms with Crippen LogP contribution in [-0.2, 0) is 4.79 Å². The van der Waals surface area contributed by atoms with Crippen molar-refractivity contribution < 1.29 is 9.90 Å².